The van der Waals surface area contributed by atoms with E-state index in [0.29, 0.717) is 18.7 Å². The van der Waals surface area contributed by atoms with Crippen molar-refractivity contribution in [1.29, 1.82) is 0 Å². The van der Waals surface area contributed by atoms with Crippen molar-refractivity contribution < 1.29 is 4.79 Å². The molecule has 4 aromatic rings. The zero-order valence-corrected chi connectivity index (χ0v) is 15.3. The molecule has 0 fully saturated rings. The second-order valence-corrected chi connectivity index (χ2v) is 6.49. The first-order chi connectivity index (χ1) is 13.8. The Labute approximate surface area is 162 Å². The van der Waals surface area contributed by atoms with Crippen molar-refractivity contribution in [2.24, 2.45) is 0 Å². The third-order valence-corrected chi connectivity index (χ3v) is 4.41. The number of carbonyl (C=O) groups is 1. The second kappa shape index (κ2) is 8.30. The topological polar surface area (TPSA) is 77.6 Å². The van der Waals surface area contributed by atoms with Crippen LogP contribution in [0.2, 0.25) is 0 Å². The molecule has 0 spiro atoms. The molecule has 1 amide bonds. The minimum Gasteiger partial charge on any atom is -0.348 e. The van der Waals surface area contributed by atoms with Gasteiger partial charge in [0.05, 0.1) is 13.1 Å². The van der Waals surface area contributed by atoms with Crippen LogP contribution in [-0.4, -0.2) is 30.5 Å². The lowest BCUT2D eigenvalue weighted by molar-refractivity contribution is 0.0951. The summed E-state index contributed by atoms with van der Waals surface area (Å²) < 4.78 is 3.62. The van der Waals surface area contributed by atoms with Gasteiger partial charge in [-0.15, -0.1) is 0 Å². The standard InChI is InChI=1S/C21H20N6O/c28-21(20-8-6-19(7-9-20)14-27-16-22-15-25-27)23-12-17-2-4-18(5-3-17)13-26-11-1-10-24-26/h1-11,15-16H,12-14H2,(H,23,28). The van der Waals surface area contributed by atoms with Crippen molar-refractivity contribution in [1.82, 2.24) is 29.9 Å². The fourth-order valence-electron chi connectivity index (χ4n) is 2.89. The van der Waals surface area contributed by atoms with Gasteiger partial charge in [0.2, 0.25) is 0 Å². The first-order valence-corrected chi connectivity index (χ1v) is 9.01. The largest absolute Gasteiger partial charge is 0.348 e. The molecule has 2 aromatic heterocycles. The molecule has 0 unspecified atom stereocenters. The van der Waals surface area contributed by atoms with Crippen LogP contribution in [0.4, 0.5) is 0 Å². The van der Waals surface area contributed by atoms with Gasteiger partial charge in [-0.1, -0.05) is 36.4 Å². The minimum atomic E-state index is -0.0899. The summed E-state index contributed by atoms with van der Waals surface area (Å²) in [7, 11) is 0. The number of benzene rings is 2. The van der Waals surface area contributed by atoms with Gasteiger partial charge in [-0.2, -0.15) is 10.2 Å². The maximum atomic E-state index is 12.4. The Hall–Kier alpha value is -3.74. The van der Waals surface area contributed by atoms with Crippen LogP contribution in [0.25, 0.3) is 0 Å². The fraction of sp³-hybridized carbons (Fsp3) is 0.143. The van der Waals surface area contributed by atoms with E-state index in [1.807, 2.05) is 53.3 Å². The third kappa shape index (κ3) is 4.50. The quantitative estimate of drug-likeness (QED) is 0.541. The van der Waals surface area contributed by atoms with E-state index in [1.165, 1.54) is 11.9 Å². The van der Waals surface area contributed by atoms with E-state index in [4.69, 9.17) is 0 Å². The first kappa shape index (κ1) is 17.7. The highest BCUT2D eigenvalue weighted by atomic mass is 16.1. The summed E-state index contributed by atoms with van der Waals surface area (Å²) in [5, 5.41) is 11.2. The number of nitrogens with one attached hydrogen (secondary N) is 1. The molecular weight excluding hydrogens is 352 g/mol. The molecule has 1 N–H and O–H groups in total. The predicted molar refractivity (Wildman–Crippen MR) is 105 cm³/mol. The molecule has 4 rings (SSSR count). The average molecular weight is 372 g/mol. The monoisotopic (exact) mass is 372 g/mol. The maximum Gasteiger partial charge on any atom is 0.251 e. The summed E-state index contributed by atoms with van der Waals surface area (Å²) in [6.07, 6.45) is 6.88. The summed E-state index contributed by atoms with van der Waals surface area (Å²) in [5.41, 5.74) is 3.93. The summed E-state index contributed by atoms with van der Waals surface area (Å²) in [6, 6.07) is 17.6. The fourth-order valence-corrected chi connectivity index (χ4v) is 2.89. The molecule has 0 atom stereocenters. The van der Waals surface area contributed by atoms with Crippen LogP contribution in [-0.2, 0) is 19.6 Å². The highest BCUT2D eigenvalue weighted by molar-refractivity contribution is 5.94. The Morgan fingerprint density at radius 3 is 2.18 bits per heavy atom. The molecular formula is C21H20N6O. The second-order valence-electron chi connectivity index (χ2n) is 6.49. The van der Waals surface area contributed by atoms with Gasteiger partial charge in [0, 0.05) is 24.5 Å². The smallest absolute Gasteiger partial charge is 0.251 e. The van der Waals surface area contributed by atoms with E-state index in [2.05, 4.69) is 32.6 Å². The van der Waals surface area contributed by atoms with Crippen LogP contribution in [0, 0.1) is 0 Å². The molecule has 0 aliphatic carbocycles. The molecule has 7 heteroatoms. The van der Waals surface area contributed by atoms with E-state index in [-0.39, 0.29) is 5.91 Å². The molecule has 2 aromatic carbocycles. The average Bonchev–Trinajstić information content (AvgIpc) is 3.42. The number of aromatic nitrogens is 5. The van der Waals surface area contributed by atoms with Crippen molar-refractivity contribution in [2.45, 2.75) is 19.6 Å². The lowest BCUT2D eigenvalue weighted by Crippen LogP contribution is -2.22. The highest BCUT2D eigenvalue weighted by Gasteiger charge is 2.06. The number of nitrogens with zero attached hydrogens (tertiary/aromatic N) is 5. The Morgan fingerprint density at radius 1 is 0.857 bits per heavy atom. The van der Waals surface area contributed by atoms with Crippen molar-refractivity contribution in [3.05, 3.63) is 102 Å². The van der Waals surface area contributed by atoms with Crippen LogP contribution in [0.15, 0.2) is 79.6 Å². The SMILES string of the molecule is O=C(NCc1ccc(Cn2cccn2)cc1)c1ccc(Cn2cncn2)cc1. The number of hydrogen-bond acceptors (Lipinski definition) is 4. The van der Waals surface area contributed by atoms with E-state index in [0.717, 1.165) is 17.7 Å². The van der Waals surface area contributed by atoms with Crippen LogP contribution in [0.1, 0.15) is 27.0 Å². The number of rotatable bonds is 7. The molecule has 2 heterocycles. The molecule has 140 valence electrons. The number of amides is 1. The molecule has 0 aliphatic heterocycles. The molecule has 28 heavy (non-hydrogen) atoms. The van der Waals surface area contributed by atoms with E-state index >= 15 is 0 Å². The van der Waals surface area contributed by atoms with Gasteiger partial charge in [0.15, 0.2) is 0 Å². The predicted octanol–water partition coefficient (Wildman–Crippen LogP) is 2.50. The maximum absolute atomic E-state index is 12.4. The van der Waals surface area contributed by atoms with Crippen LogP contribution >= 0.6 is 0 Å². The number of carbonyl (C=O) groups excluding carboxylic acids is 1. The van der Waals surface area contributed by atoms with E-state index < -0.39 is 0 Å². The zero-order chi connectivity index (χ0) is 19.2. The van der Waals surface area contributed by atoms with E-state index in [1.54, 1.807) is 17.2 Å². The summed E-state index contributed by atoms with van der Waals surface area (Å²) in [4.78, 5) is 16.3. The van der Waals surface area contributed by atoms with Gasteiger partial charge < -0.3 is 5.32 Å². The lowest BCUT2D eigenvalue weighted by atomic mass is 10.1. The normalized spacial score (nSPS) is 10.7. The van der Waals surface area contributed by atoms with Crippen LogP contribution < -0.4 is 5.32 Å². The van der Waals surface area contributed by atoms with Crippen LogP contribution in [0.5, 0.6) is 0 Å². The Balaban J connectivity index is 1.30. The molecule has 0 bridgehead atoms. The molecule has 0 saturated heterocycles. The van der Waals surface area contributed by atoms with Gasteiger partial charge in [-0.05, 0) is 34.9 Å². The molecule has 0 saturated carbocycles. The molecule has 7 nitrogen and oxygen atoms in total. The summed E-state index contributed by atoms with van der Waals surface area (Å²) in [6.45, 7) is 1.86. The summed E-state index contributed by atoms with van der Waals surface area (Å²) in [5.74, 6) is -0.0899. The lowest BCUT2D eigenvalue weighted by Gasteiger charge is -2.08. The Morgan fingerprint density at radius 2 is 1.54 bits per heavy atom. The highest BCUT2D eigenvalue weighted by Crippen LogP contribution is 2.08. The first-order valence-electron chi connectivity index (χ1n) is 9.01. The van der Waals surface area contributed by atoms with Crippen molar-refractivity contribution in [3.63, 3.8) is 0 Å². The van der Waals surface area contributed by atoms with Gasteiger partial charge >= 0.3 is 0 Å². The van der Waals surface area contributed by atoms with Crippen molar-refractivity contribution in [2.75, 3.05) is 0 Å². The van der Waals surface area contributed by atoms with Crippen LogP contribution in [0.3, 0.4) is 0 Å². The van der Waals surface area contributed by atoms with Gasteiger partial charge in [0.1, 0.15) is 12.7 Å². The van der Waals surface area contributed by atoms with Gasteiger partial charge in [-0.25, -0.2) is 9.67 Å². The van der Waals surface area contributed by atoms with E-state index in [9.17, 15) is 4.79 Å². The van der Waals surface area contributed by atoms with Gasteiger partial charge in [-0.3, -0.25) is 9.48 Å². The Kier molecular flexibility index (Phi) is 5.24. The van der Waals surface area contributed by atoms with Gasteiger partial charge in [0.25, 0.3) is 5.91 Å². The van der Waals surface area contributed by atoms with Crippen molar-refractivity contribution >= 4 is 5.91 Å². The zero-order valence-electron chi connectivity index (χ0n) is 15.3. The van der Waals surface area contributed by atoms with Crippen molar-refractivity contribution in [3.8, 4) is 0 Å². The summed E-state index contributed by atoms with van der Waals surface area (Å²) >= 11 is 0. The number of hydrogen-bond donors (Lipinski definition) is 1. The third-order valence-electron chi connectivity index (χ3n) is 4.41. The molecule has 0 aliphatic rings. The minimum absolute atomic E-state index is 0.0899. The molecule has 0 radical (unpaired) electrons. The Bertz CT molecular complexity index is 1010.